The van der Waals surface area contributed by atoms with Crippen molar-refractivity contribution in [1.82, 2.24) is 10.6 Å². The number of para-hydroxylation sites is 1. The van der Waals surface area contributed by atoms with E-state index in [1.165, 1.54) is 6.42 Å². The summed E-state index contributed by atoms with van der Waals surface area (Å²) in [7, 11) is 0. The van der Waals surface area contributed by atoms with Crippen molar-refractivity contribution in [2.75, 3.05) is 6.54 Å². The van der Waals surface area contributed by atoms with Crippen LogP contribution < -0.4 is 15.4 Å². The van der Waals surface area contributed by atoms with Crippen molar-refractivity contribution in [3.05, 3.63) is 29.8 Å². The lowest BCUT2D eigenvalue weighted by atomic mass is 9.96. The maximum absolute atomic E-state index is 11.9. The summed E-state index contributed by atoms with van der Waals surface area (Å²) in [5, 5.41) is 15.5. The molecule has 0 radical (unpaired) electrons. The molecule has 0 spiro atoms. The average molecular weight is 318 g/mol. The van der Waals surface area contributed by atoms with Crippen LogP contribution in [-0.4, -0.2) is 29.9 Å². The van der Waals surface area contributed by atoms with E-state index in [-0.39, 0.29) is 18.1 Å². The van der Waals surface area contributed by atoms with Gasteiger partial charge in [-0.3, -0.25) is 0 Å². The third-order valence-electron chi connectivity index (χ3n) is 4.90. The Kier molecular flexibility index (Phi) is 5.39. The van der Waals surface area contributed by atoms with Gasteiger partial charge in [0.05, 0.1) is 12.2 Å². The van der Waals surface area contributed by atoms with Crippen molar-refractivity contribution >= 4 is 6.03 Å². The van der Waals surface area contributed by atoms with E-state index < -0.39 is 0 Å². The lowest BCUT2D eigenvalue weighted by Crippen LogP contribution is -2.39. The Morgan fingerprint density at radius 1 is 1.13 bits per heavy atom. The number of benzene rings is 1. The molecule has 1 aromatic rings. The van der Waals surface area contributed by atoms with E-state index in [0.717, 1.165) is 43.4 Å². The smallest absolute Gasteiger partial charge is 0.315 e. The first-order chi connectivity index (χ1) is 11.2. The van der Waals surface area contributed by atoms with E-state index in [4.69, 9.17) is 4.74 Å². The molecule has 1 aromatic carbocycles. The van der Waals surface area contributed by atoms with Crippen molar-refractivity contribution in [1.29, 1.82) is 0 Å². The Balaban J connectivity index is 1.44. The van der Waals surface area contributed by atoms with Gasteiger partial charge in [0, 0.05) is 24.6 Å². The van der Waals surface area contributed by atoms with Crippen LogP contribution in [0.4, 0.5) is 4.79 Å². The van der Waals surface area contributed by atoms with Crippen molar-refractivity contribution in [3.63, 3.8) is 0 Å². The first kappa shape index (κ1) is 16.1. The Morgan fingerprint density at radius 2 is 1.91 bits per heavy atom. The summed E-state index contributed by atoms with van der Waals surface area (Å²) in [5.41, 5.74) is 0.996. The molecule has 2 atom stereocenters. The van der Waals surface area contributed by atoms with Gasteiger partial charge in [-0.2, -0.15) is 0 Å². The van der Waals surface area contributed by atoms with E-state index >= 15 is 0 Å². The number of hydrogen-bond donors (Lipinski definition) is 3. The number of urea groups is 1. The van der Waals surface area contributed by atoms with E-state index in [1.54, 1.807) is 0 Å². The highest BCUT2D eigenvalue weighted by Crippen LogP contribution is 2.27. The normalized spacial score (nSPS) is 24.0. The maximum Gasteiger partial charge on any atom is 0.315 e. The van der Waals surface area contributed by atoms with Gasteiger partial charge in [0.2, 0.25) is 0 Å². The number of amides is 2. The maximum atomic E-state index is 11.9. The summed E-state index contributed by atoms with van der Waals surface area (Å²) in [4.78, 5) is 11.9. The molecule has 0 bridgehead atoms. The number of aliphatic hydroxyl groups is 1. The van der Waals surface area contributed by atoms with E-state index in [0.29, 0.717) is 19.2 Å². The van der Waals surface area contributed by atoms with Crippen LogP contribution in [-0.2, 0) is 6.54 Å². The largest absolute Gasteiger partial charge is 0.490 e. The highest BCUT2D eigenvalue weighted by molar-refractivity contribution is 5.73. The van der Waals surface area contributed by atoms with E-state index in [2.05, 4.69) is 10.6 Å². The number of carbonyl (C=O) groups excluding carboxylic acids is 1. The quantitative estimate of drug-likeness (QED) is 0.755. The number of hydrogen-bond acceptors (Lipinski definition) is 3. The van der Waals surface area contributed by atoms with Gasteiger partial charge >= 0.3 is 6.03 Å². The Morgan fingerprint density at radius 3 is 2.61 bits per heavy atom. The highest BCUT2D eigenvalue weighted by atomic mass is 16.5. The molecule has 5 heteroatoms. The fraction of sp³-hybridized carbons (Fsp3) is 0.611. The lowest BCUT2D eigenvalue weighted by Gasteiger charge is -2.27. The molecule has 3 N–H and O–H groups in total. The number of aliphatic hydroxyl groups excluding tert-OH is 1. The molecular weight excluding hydrogens is 292 g/mol. The molecule has 3 rings (SSSR count). The van der Waals surface area contributed by atoms with Crippen LogP contribution in [0.1, 0.15) is 44.1 Å². The number of ether oxygens (including phenoxy) is 1. The molecule has 0 aromatic heterocycles. The molecular formula is C18H26N2O3. The predicted octanol–water partition coefficient (Wildman–Crippen LogP) is 2.58. The standard InChI is InChI=1S/C18H26N2O3/c21-16-9-3-6-13(16)11-19-18(22)20-12-14-5-1-2-10-17(14)23-15-7-4-8-15/h1-2,5,10,13,15-16,21H,3-4,6-9,11-12H2,(H2,19,20,22). The molecule has 2 fully saturated rings. The fourth-order valence-corrected chi connectivity index (χ4v) is 3.15. The second kappa shape index (κ2) is 7.68. The SMILES string of the molecule is O=C(NCc1ccccc1OC1CCC1)NCC1CCCC1O. The van der Waals surface area contributed by atoms with Gasteiger partial charge in [-0.05, 0) is 38.2 Å². The van der Waals surface area contributed by atoms with Crippen LogP contribution in [0.5, 0.6) is 5.75 Å². The minimum absolute atomic E-state index is 0.190. The highest BCUT2D eigenvalue weighted by Gasteiger charge is 2.25. The van der Waals surface area contributed by atoms with Gasteiger partial charge in [-0.1, -0.05) is 24.6 Å². The number of nitrogens with one attached hydrogen (secondary N) is 2. The molecule has 23 heavy (non-hydrogen) atoms. The van der Waals surface area contributed by atoms with Crippen molar-refractivity contribution in [2.45, 2.75) is 57.3 Å². The molecule has 5 nitrogen and oxygen atoms in total. The first-order valence-electron chi connectivity index (χ1n) is 8.66. The lowest BCUT2D eigenvalue weighted by molar-refractivity contribution is 0.119. The zero-order valence-electron chi connectivity index (χ0n) is 13.5. The summed E-state index contributed by atoms with van der Waals surface area (Å²) in [6.45, 7) is 0.981. The van der Waals surface area contributed by atoms with E-state index in [1.807, 2.05) is 24.3 Å². The second-order valence-electron chi connectivity index (χ2n) is 6.60. The van der Waals surface area contributed by atoms with Crippen LogP contribution >= 0.6 is 0 Å². The molecule has 0 saturated heterocycles. The Bertz CT molecular complexity index is 531. The van der Waals surface area contributed by atoms with Crippen LogP contribution in [0.2, 0.25) is 0 Å². The van der Waals surface area contributed by atoms with Crippen LogP contribution in [0.15, 0.2) is 24.3 Å². The third-order valence-corrected chi connectivity index (χ3v) is 4.90. The minimum atomic E-state index is -0.271. The van der Waals surface area contributed by atoms with Gasteiger partial charge in [-0.15, -0.1) is 0 Å². The molecule has 126 valence electrons. The molecule has 2 saturated carbocycles. The molecule has 2 unspecified atom stereocenters. The van der Waals surface area contributed by atoms with Crippen molar-refractivity contribution in [2.24, 2.45) is 5.92 Å². The summed E-state index contributed by atoms with van der Waals surface area (Å²) >= 11 is 0. The topological polar surface area (TPSA) is 70.6 Å². The summed E-state index contributed by atoms with van der Waals surface area (Å²) in [5.74, 6) is 1.05. The van der Waals surface area contributed by atoms with Crippen molar-refractivity contribution in [3.8, 4) is 5.75 Å². The third kappa shape index (κ3) is 4.38. The first-order valence-corrected chi connectivity index (χ1v) is 8.66. The predicted molar refractivity (Wildman–Crippen MR) is 88.3 cm³/mol. The second-order valence-corrected chi connectivity index (χ2v) is 6.60. The number of carbonyl (C=O) groups is 1. The zero-order valence-corrected chi connectivity index (χ0v) is 13.5. The molecule has 2 aliphatic rings. The average Bonchev–Trinajstić information content (AvgIpc) is 2.93. The van der Waals surface area contributed by atoms with Gasteiger partial charge in [0.25, 0.3) is 0 Å². The Labute approximate surface area is 137 Å². The molecule has 2 aliphatic carbocycles. The van der Waals surface area contributed by atoms with Gasteiger partial charge in [0.1, 0.15) is 5.75 Å². The van der Waals surface area contributed by atoms with Gasteiger partial charge in [-0.25, -0.2) is 4.79 Å². The van der Waals surface area contributed by atoms with Crippen LogP contribution in [0, 0.1) is 5.92 Å². The molecule has 0 aliphatic heterocycles. The molecule has 0 heterocycles. The van der Waals surface area contributed by atoms with Gasteiger partial charge in [0.15, 0.2) is 0 Å². The van der Waals surface area contributed by atoms with Crippen LogP contribution in [0.3, 0.4) is 0 Å². The minimum Gasteiger partial charge on any atom is -0.490 e. The van der Waals surface area contributed by atoms with E-state index in [9.17, 15) is 9.90 Å². The Hall–Kier alpha value is -1.75. The van der Waals surface area contributed by atoms with Crippen molar-refractivity contribution < 1.29 is 14.6 Å². The summed E-state index contributed by atoms with van der Waals surface area (Å²) in [6.07, 6.45) is 6.40. The van der Waals surface area contributed by atoms with Crippen LogP contribution in [0.25, 0.3) is 0 Å². The van der Waals surface area contributed by atoms with Gasteiger partial charge < -0.3 is 20.5 Å². The summed E-state index contributed by atoms with van der Waals surface area (Å²) < 4.78 is 5.96. The zero-order chi connectivity index (χ0) is 16.1. The number of rotatable bonds is 6. The molecule has 2 amide bonds. The monoisotopic (exact) mass is 318 g/mol. The fourth-order valence-electron chi connectivity index (χ4n) is 3.15. The summed E-state index contributed by atoms with van der Waals surface area (Å²) in [6, 6.07) is 7.66.